The Morgan fingerprint density at radius 2 is 2.26 bits per heavy atom. The lowest BCUT2D eigenvalue weighted by Crippen LogP contribution is -2.53. The molecule has 1 aromatic carbocycles. The predicted octanol–water partition coefficient (Wildman–Crippen LogP) is 2.42. The molecule has 0 amide bonds. The van der Waals surface area contributed by atoms with Crippen LogP contribution in [-0.2, 0) is 6.42 Å². The highest BCUT2D eigenvalue weighted by molar-refractivity contribution is 5.39. The number of nitrogens with zero attached hydrogens (tertiary/aromatic N) is 2. The Hall–Kier alpha value is -1.06. The lowest BCUT2D eigenvalue weighted by atomic mass is 9.88. The van der Waals surface area contributed by atoms with Crippen molar-refractivity contribution in [2.75, 3.05) is 26.7 Å². The first-order valence-electron chi connectivity index (χ1n) is 8.29. The van der Waals surface area contributed by atoms with Crippen LogP contribution in [0.5, 0.6) is 5.75 Å². The Morgan fingerprint density at radius 3 is 3.16 bits per heavy atom. The fraction of sp³-hybridized carbons (Fsp3) is 0.625. The van der Waals surface area contributed by atoms with Gasteiger partial charge in [-0.1, -0.05) is 6.07 Å². The molecule has 0 aliphatic carbocycles. The number of hydrogen-bond acceptors (Lipinski definition) is 3. The molecule has 0 bridgehead atoms. The molecule has 3 aliphatic heterocycles. The zero-order valence-corrected chi connectivity index (χ0v) is 11.4. The summed E-state index contributed by atoms with van der Waals surface area (Å²) in [4.78, 5) is 4.61. The van der Waals surface area contributed by atoms with E-state index in [9.17, 15) is 0 Å². The average molecular weight is 260 g/mol. The Labute approximate surface area is 118 Å². The van der Waals surface area contributed by atoms with Crippen molar-refractivity contribution < 1.29 is 7.48 Å². The van der Waals surface area contributed by atoms with Crippen LogP contribution in [0.4, 0.5) is 0 Å². The van der Waals surface area contributed by atoms with Crippen molar-refractivity contribution in [1.29, 1.82) is 0 Å². The van der Waals surface area contributed by atoms with Crippen molar-refractivity contribution >= 4 is 0 Å². The molecule has 0 N–H and O–H groups in total. The van der Waals surface area contributed by atoms with Crippen LogP contribution in [0, 0.1) is 0 Å². The molecule has 0 saturated carbocycles. The van der Waals surface area contributed by atoms with E-state index in [0.717, 1.165) is 38.1 Å². The van der Waals surface area contributed by atoms with Gasteiger partial charge in [-0.2, -0.15) is 0 Å². The van der Waals surface area contributed by atoms with Crippen LogP contribution in [0.2, 0.25) is 0 Å². The van der Waals surface area contributed by atoms with E-state index in [4.69, 9.17) is 7.48 Å². The van der Waals surface area contributed by atoms with Gasteiger partial charge in [0.25, 0.3) is 0 Å². The minimum absolute atomic E-state index is 0.286. The maximum absolute atomic E-state index is 8.16. The Balaban J connectivity index is 1.66. The molecule has 4 rings (SSSR count). The molecule has 1 aromatic rings. The zero-order valence-electron chi connectivity index (χ0n) is 13.4. The molecule has 102 valence electrons. The van der Waals surface area contributed by atoms with Crippen LogP contribution in [0.3, 0.4) is 0 Å². The van der Waals surface area contributed by atoms with Gasteiger partial charge >= 0.3 is 0 Å². The van der Waals surface area contributed by atoms with Gasteiger partial charge in [0.05, 0.1) is 13.3 Å². The molecule has 2 saturated heterocycles. The maximum atomic E-state index is 8.16. The van der Waals surface area contributed by atoms with Gasteiger partial charge < -0.3 is 4.74 Å². The van der Waals surface area contributed by atoms with Gasteiger partial charge in [0.1, 0.15) is 5.75 Å². The minimum Gasteiger partial charge on any atom is -0.497 e. The van der Waals surface area contributed by atoms with Gasteiger partial charge in [-0.05, 0) is 55.4 Å². The molecular formula is C16H22N2O. The van der Waals surface area contributed by atoms with Crippen LogP contribution in [0.15, 0.2) is 18.2 Å². The van der Waals surface area contributed by atoms with Crippen LogP contribution in [0.1, 0.15) is 39.2 Å². The molecule has 0 aromatic heterocycles. The molecule has 3 heterocycles. The second-order valence-electron chi connectivity index (χ2n) is 5.73. The second-order valence-corrected chi connectivity index (χ2v) is 5.73. The van der Waals surface area contributed by atoms with Crippen molar-refractivity contribution in [3.05, 3.63) is 29.3 Å². The summed E-state index contributed by atoms with van der Waals surface area (Å²) in [7, 11) is 1.72. The molecule has 3 aliphatic rings. The normalized spacial score (nSPS) is 34.8. The van der Waals surface area contributed by atoms with Crippen LogP contribution in [-0.4, -0.2) is 42.7 Å². The quantitative estimate of drug-likeness (QED) is 0.771. The van der Waals surface area contributed by atoms with Crippen LogP contribution in [0.25, 0.3) is 0 Å². The summed E-state index contributed by atoms with van der Waals surface area (Å²) in [5, 5.41) is 0. The van der Waals surface area contributed by atoms with Crippen molar-refractivity contribution in [1.82, 2.24) is 9.80 Å². The fourth-order valence-electron chi connectivity index (χ4n) is 3.95. The number of benzene rings is 1. The third kappa shape index (κ3) is 1.79. The number of hydrogen-bond donors (Lipinski definition) is 0. The molecular weight excluding hydrogens is 236 g/mol. The summed E-state index contributed by atoms with van der Waals surface area (Å²) in [5.41, 5.74) is 2.83. The first-order valence-corrected chi connectivity index (χ1v) is 7.29. The fourth-order valence-corrected chi connectivity index (χ4v) is 3.95. The van der Waals surface area contributed by atoms with E-state index in [1.54, 1.807) is 7.11 Å². The van der Waals surface area contributed by atoms with Gasteiger partial charge in [-0.3, -0.25) is 9.80 Å². The largest absolute Gasteiger partial charge is 0.497 e. The molecule has 3 heteroatoms. The Bertz CT molecular complexity index is 563. The first kappa shape index (κ1) is 9.78. The lowest BCUT2D eigenvalue weighted by Gasteiger charge is -2.48. The molecule has 0 spiro atoms. The van der Waals surface area contributed by atoms with Gasteiger partial charge in [-0.25, -0.2) is 0 Å². The summed E-state index contributed by atoms with van der Waals surface area (Å²) in [6, 6.07) is 6.90. The highest BCUT2D eigenvalue weighted by Crippen LogP contribution is 2.41. The first-order chi connectivity index (χ1) is 10.1. The van der Waals surface area contributed by atoms with Crippen molar-refractivity contribution in [2.24, 2.45) is 0 Å². The summed E-state index contributed by atoms with van der Waals surface area (Å²) in [5.74, 6) is 0.942. The smallest absolute Gasteiger partial charge is 0.119 e. The third-order valence-corrected chi connectivity index (χ3v) is 4.85. The second kappa shape index (κ2) is 4.50. The van der Waals surface area contributed by atoms with Gasteiger partial charge in [0.15, 0.2) is 0 Å². The Kier molecular flexibility index (Phi) is 2.32. The summed E-state index contributed by atoms with van der Waals surface area (Å²) in [6.45, 7) is 0.780. The summed E-state index contributed by atoms with van der Waals surface area (Å²) < 4.78 is 21.7. The number of methoxy groups -OCH3 is 1. The highest BCUT2D eigenvalue weighted by Gasteiger charge is 2.40. The standard InChI is InChI=1S/C16H22N2O/c1-19-13-4-5-14-12(11-13)6-10-18-15(14)7-9-17-8-2-3-16(17)18/h4-5,11,15-16H,2-3,6-10H2,1H3/i8D2. The van der Waals surface area contributed by atoms with E-state index in [1.807, 2.05) is 0 Å². The predicted molar refractivity (Wildman–Crippen MR) is 75.4 cm³/mol. The summed E-state index contributed by atoms with van der Waals surface area (Å²) in [6.07, 6.45) is 3.96. The SMILES string of the molecule is [2H]C1([2H])CCC2N3CCc4cc(OC)ccc4C3CCN21. The lowest BCUT2D eigenvalue weighted by molar-refractivity contribution is -0.0150. The monoisotopic (exact) mass is 260 g/mol. The number of ether oxygens (including phenoxy) is 1. The van der Waals surface area contributed by atoms with Gasteiger partial charge in [0, 0.05) is 21.9 Å². The van der Waals surface area contributed by atoms with E-state index in [0.29, 0.717) is 12.5 Å². The maximum Gasteiger partial charge on any atom is 0.119 e. The van der Waals surface area contributed by atoms with Crippen molar-refractivity contribution in [2.45, 2.75) is 37.9 Å². The average Bonchev–Trinajstić information content (AvgIpc) is 2.82. The molecule has 3 nitrogen and oxygen atoms in total. The molecule has 0 radical (unpaired) electrons. The highest BCUT2D eigenvalue weighted by atomic mass is 16.5. The topological polar surface area (TPSA) is 15.7 Å². The van der Waals surface area contributed by atoms with E-state index in [-0.39, 0.29) is 6.17 Å². The molecule has 2 fully saturated rings. The van der Waals surface area contributed by atoms with Gasteiger partial charge in [-0.15, -0.1) is 0 Å². The third-order valence-electron chi connectivity index (χ3n) is 4.85. The van der Waals surface area contributed by atoms with E-state index >= 15 is 0 Å². The number of fused-ring (bicyclic) bond motifs is 5. The van der Waals surface area contributed by atoms with Crippen molar-refractivity contribution in [3.8, 4) is 5.75 Å². The molecule has 19 heavy (non-hydrogen) atoms. The van der Waals surface area contributed by atoms with E-state index in [1.165, 1.54) is 11.1 Å². The minimum atomic E-state index is -1.12. The molecule has 2 unspecified atom stereocenters. The van der Waals surface area contributed by atoms with Crippen LogP contribution >= 0.6 is 0 Å². The van der Waals surface area contributed by atoms with E-state index in [2.05, 4.69) is 28.0 Å². The van der Waals surface area contributed by atoms with E-state index < -0.39 is 6.50 Å². The molecule has 2 atom stereocenters. The van der Waals surface area contributed by atoms with Crippen molar-refractivity contribution in [3.63, 3.8) is 0 Å². The van der Waals surface area contributed by atoms with Crippen LogP contribution < -0.4 is 4.74 Å². The Morgan fingerprint density at radius 1 is 1.32 bits per heavy atom. The summed E-state index contributed by atoms with van der Waals surface area (Å²) >= 11 is 0. The zero-order chi connectivity index (χ0) is 14.6. The van der Waals surface area contributed by atoms with Gasteiger partial charge in [0.2, 0.25) is 0 Å². The number of rotatable bonds is 1.